The average molecular weight is 270 g/mol. The number of amides is 1. The fourth-order valence-electron chi connectivity index (χ4n) is 2.02. The van der Waals surface area contributed by atoms with Gasteiger partial charge in [0.2, 0.25) is 0 Å². The van der Waals surface area contributed by atoms with Crippen LogP contribution in [0.1, 0.15) is 15.9 Å². The summed E-state index contributed by atoms with van der Waals surface area (Å²) in [5.74, 6) is -0.110. The van der Waals surface area contributed by atoms with Crippen molar-refractivity contribution >= 4 is 11.6 Å². The van der Waals surface area contributed by atoms with Gasteiger partial charge in [-0.3, -0.25) is 4.79 Å². The molecule has 2 N–H and O–H groups in total. The lowest BCUT2D eigenvalue weighted by Gasteiger charge is -2.17. The van der Waals surface area contributed by atoms with Crippen molar-refractivity contribution in [1.29, 1.82) is 0 Å². The Bertz CT molecular complexity index is 609. The van der Waals surface area contributed by atoms with E-state index in [0.717, 1.165) is 11.3 Å². The van der Waals surface area contributed by atoms with Gasteiger partial charge < -0.3 is 15.3 Å². The maximum atomic E-state index is 12.0. The summed E-state index contributed by atoms with van der Waals surface area (Å²) in [5, 5.41) is 12.2. The molecule has 0 radical (unpaired) electrons. The smallest absolute Gasteiger partial charge is 0.251 e. The Morgan fingerprint density at radius 1 is 1.15 bits per heavy atom. The van der Waals surface area contributed by atoms with Gasteiger partial charge in [-0.1, -0.05) is 24.3 Å². The fraction of sp³-hybridized carbons (Fsp3) is 0.188. The van der Waals surface area contributed by atoms with Crippen LogP contribution < -0.4 is 10.2 Å². The van der Waals surface area contributed by atoms with E-state index >= 15 is 0 Å². The van der Waals surface area contributed by atoms with Gasteiger partial charge in [0.25, 0.3) is 5.91 Å². The van der Waals surface area contributed by atoms with Crippen molar-refractivity contribution in [3.8, 4) is 5.75 Å². The Labute approximate surface area is 118 Å². The Balaban J connectivity index is 2.07. The van der Waals surface area contributed by atoms with Gasteiger partial charge >= 0.3 is 0 Å². The van der Waals surface area contributed by atoms with E-state index in [1.54, 1.807) is 12.1 Å². The van der Waals surface area contributed by atoms with E-state index in [-0.39, 0.29) is 11.7 Å². The molecule has 0 aromatic heterocycles. The molecule has 20 heavy (non-hydrogen) atoms. The highest BCUT2D eigenvalue weighted by molar-refractivity contribution is 5.94. The van der Waals surface area contributed by atoms with E-state index in [0.29, 0.717) is 12.1 Å². The number of hydrogen-bond donors (Lipinski definition) is 2. The molecule has 4 heteroatoms. The minimum absolute atomic E-state index is 0.0892. The number of carbonyl (C=O) groups is 1. The summed E-state index contributed by atoms with van der Waals surface area (Å²) >= 11 is 0. The number of anilines is 1. The van der Waals surface area contributed by atoms with Gasteiger partial charge in [0.15, 0.2) is 0 Å². The first-order valence-electron chi connectivity index (χ1n) is 6.40. The first-order chi connectivity index (χ1) is 9.58. The number of benzene rings is 2. The maximum Gasteiger partial charge on any atom is 0.251 e. The molecule has 0 unspecified atom stereocenters. The number of rotatable bonds is 4. The number of para-hydroxylation sites is 1. The highest BCUT2D eigenvalue weighted by Gasteiger charge is 2.08. The molecule has 4 nitrogen and oxygen atoms in total. The van der Waals surface area contributed by atoms with Gasteiger partial charge in [-0.15, -0.1) is 0 Å². The highest BCUT2D eigenvalue weighted by Crippen LogP contribution is 2.18. The van der Waals surface area contributed by atoms with Crippen LogP contribution in [0.4, 0.5) is 5.69 Å². The molecule has 0 saturated carbocycles. The summed E-state index contributed by atoms with van der Waals surface area (Å²) in [6, 6.07) is 14.2. The van der Waals surface area contributed by atoms with Crippen LogP contribution in [-0.2, 0) is 6.54 Å². The molecular formula is C16H18N2O2. The molecule has 0 atom stereocenters. The molecular weight excluding hydrogens is 252 g/mol. The van der Waals surface area contributed by atoms with Crippen molar-refractivity contribution in [3.63, 3.8) is 0 Å². The van der Waals surface area contributed by atoms with Gasteiger partial charge in [-0.05, 0) is 29.8 Å². The lowest BCUT2D eigenvalue weighted by atomic mass is 10.1. The Morgan fingerprint density at radius 3 is 2.60 bits per heavy atom. The molecule has 0 aliphatic carbocycles. The summed E-state index contributed by atoms with van der Waals surface area (Å²) in [5.41, 5.74) is 2.57. The van der Waals surface area contributed by atoms with Crippen LogP contribution in [-0.4, -0.2) is 25.1 Å². The largest absolute Gasteiger partial charge is 0.508 e. The minimum Gasteiger partial charge on any atom is -0.508 e. The molecule has 0 fully saturated rings. The van der Waals surface area contributed by atoms with E-state index in [9.17, 15) is 9.90 Å². The van der Waals surface area contributed by atoms with Crippen LogP contribution in [0.25, 0.3) is 0 Å². The second-order valence-corrected chi connectivity index (χ2v) is 4.76. The predicted octanol–water partition coefficient (Wildman–Crippen LogP) is 2.39. The summed E-state index contributed by atoms with van der Waals surface area (Å²) in [7, 11) is 3.94. The van der Waals surface area contributed by atoms with E-state index in [4.69, 9.17) is 0 Å². The van der Waals surface area contributed by atoms with E-state index in [2.05, 4.69) is 5.32 Å². The van der Waals surface area contributed by atoms with Crippen LogP contribution in [0.2, 0.25) is 0 Å². The van der Waals surface area contributed by atoms with E-state index in [1.165, 1.54) is 12.1 Å². The molecule has 0 aliphatic heterocycles. The van der Waals surface area contributed by atoms with Crippen molar-refractivity contribution in [2.45, 2.75) is 6.54 Å². The molecule has 104 valence electrons. The van der Waals surface area contributed by atoms with Crippen molar-refractivity contribution in [2.24, 2.45) is 0 Å². The van der Waals surface area contributed by atoms with Crippen LogP contribution in [0.5, 0.6) is 5.75 Å². The van der Waals surface area contributed by atoms with Crippen molar-refractivity contribution in [1.82, 2.24) is 5.32 Å². The first kappa shape index (κ1) is 13.9. The third kappa shape index (κ3) is 3.29. The summed E-state index contributed by atoms with van der Waals surface area (Å²) in [6.07, 6.45) is 0. The lowest BCUT2D eigenvalue weighted by molar-refractivity contribution is 0.0950. The average Bonchev–Trinajstić information content (AvgIpc) is 2.45. The standard InChI is InChI=1S/C16H18N2O2/c1-18(2)15-9-4-3-6-13(15)11-17-16(20)12-7-5-8-14(19)10-12/h3-10,19H,11H2,1-2H3,(H,17,20). The first-order valence-corrected chi connectivity index (χ1v) is 6.40. The monoisotopic (exact) mass is 270 g/mol. The Kier molecular flexibility index (Phi) is 4.25. The van der Waals surface area contributed by atoms with Gasteiger partial charge in [-0.25, -0.2) is 0 Å². The van der Waals surface area contributed by atoms with Crippen molar-refractivity contribution < 1.29 is 9.90 Å². The number of nitrogens with one attached hydrogen (secondary N) is 1. The molecule has 0 heterocycles. The molecule has 2 aromatic rings. The number of carbonyl (C=O) groups excluding carboxylic acids is 1. The number of aromatic hydroxyl groups is 1. The minimum atomic E-state index is -0.200. The van der Waals surface area contributed by atoms with Crippen molar-refractivity contribution in [3.05, 3.63) is 59.7 Å². The third-order valence-electron chi connectivity index (χ3n) is 3.02. The van der Waals surface area contributed by atoms with Gasteiger partial charge in [0.05, 0.1) is 0 Å². The van der Waals surface area contributed by atoms with E-state index in [1.807, 2.05) is 43.3 Å². The Hall–Kier alpha value is -2.49. The summed E-state index contributed by atoms with van der Waals surface area (Å²) in [6.45, 7) is 0.447. The van der Waals surface area contributed by atoms with Gasteiger partial charge in [0.1, 0.15) is 5.75 Å². The second-order valence-electron chi connectivity index (χ2n) is 4.76. The highest BCUT2D eigenvalue weighted by atomic mass is 16.3. The zero-order valence-corrected chi connectivity index (χ0v) is 11.6. The predicted molar refractivity (Wildman–Crippen MR) is 80.0 cm³/mol. The summed E-state index contributed by atoms with van der Waals surface area (Å²) < 4.78 is 0. The molecule has 2 aromatic carbocycles. The maximum absolute atomic E-state index is 12.0. The third-order valence-corrected chi connectivity index (χ3v) is 3.02. The molecule has 2 rings (SSSR count). The molecule has 1 amide bonds. The molecule has 0 aliphatic rings. The SMILES string of the molecule is CN(C)c1ccccc1CNC(=O)c1cccc(O)c1. The van der Waals surface area contributed by atoms with Crippen LogP contribution in [0, 0.1) is 0 Å². The van der Waals surface area contributed by atoms with Crippen LogP contribution in [0.15, 0.2) is 48.5 Å². The second kappa shape index (κ2) is 6.10. The lowest BCUT2D eigenvalue weighted by Crippen LogP contribution is -2.24. The summed E-state index contributed by atoms with van der Waals surface area (Å²) in [4.78, 5) is 14.0. The number of nitrogens with zero attached hydrogens (tertiary/aromatic N) is 1. The molecule has 0 bridgehead atoms. The van der Waals surface area contributed by atoms with Crippen LogP contribution in [0.3, 0.4) is 0 Å². The number of phenolic OH excluding ortho intramolecular Hbond substituents is 1. The van der Waals surface area contributed by atoms with Gasteiger partial charge in [-0.2, -0.15) is 0 Å². The number of hydrogen-bond acceptors (Lipinski definition) is 3. The van der Waals surface area contributed by atoms with E-state index < -0.39 is 0 Å². The fourth-order valence-corrected chi connectivity index (χ4v) is 2.02. The zero-order valence-electron chi connectivity index (χ0n) is 11.6. The normalized spacial score (nSPS) is 10.1. The van der Waals surface area contributed by atoms with Crippen LogP contribution >= 0.6 is 0 Å². The van der Waals surface area contributed by atoms with Gasteiger partial charge in [0, 0.05) is 31.9 Å². The molecule has 0 spiro atoms. The topological polar surface area (TPSA) is 52.6 Å². The molecule has 0 saturated heterocycles. The number of phenols is 1. The quantitative estimate of drug-likeness (QED) is 0.897. The Morgan fingerprint density at radius 2 is 1.90 bits per heavy atom. The van der Waals surface area contributed by atoms with Crippen molar-refractivity contribution in [2.75, 3.05) is 19.0 Å². The zero-order chi connectivity index (χ0) is 14.5.